The van der Waals surface area contributed by atoms with Gasteiger partial charge in [-0.15, -0.1) is 0 Å². The molecule has 0 bridgehead atoms. The lowest BCUT2D eigenvalue weighted by Crippen LogP contribution is -2.38. The standard InChI is InChI=1S/C21H21Cl3N2O4/c1-2-26(12-18(27)25-20-14(22)5-3-6-15(20)23)19(28)11-13-9-16(24)21-17(10-13)29-7-4-8-30-21/h3,5-6,9-10H,2,4,7-8,11-12H2,1H3,(H,25,27). The van der Waals surface area contributed by atoms with Crippen LogP contribution in [-0.2, 0) is 16.0 Å². The van der Waals surface area contributed by atoms with Crippen molar-refractivity contribution in [3.63, 3.8) is 0 Å². The number of halogens is 3. The fourth-order valence-electron chi connectivity index (χ4n) is 3.02. The van der Waals surface area contributed by atoms with Crippen molar-refractivity contribution < 1.29 is 19.1 Å². The highest BCUT2D eigenvalue weighted by atomic mass is 35.5. The highest BCUT2D eigenvalue weighted by Crippen LogP contribution is 2.38. The van der Waals surface area contributed by atoms with E-state index in [4.69, 9.17) is 44.3 Å². The Morgan fingerprint density at radius 2 is 1.77 bits per heavy atom. The third-order valence-electron chi connectivity index (χ3n) is 4.51. The molecule has 9 heteroatoms. The Morgan fingerprint density at radius 1 is 1.07 bits per heavy atom. The van der Waals surface area contributed by atoms with Crippen LogP contribution in [0.1, 0.15) is 18.9 Å². The molecule has 2 aromatic rings. The first-order valence-electron chi connectivity index (χ1n) is 9.48. The smallest absolute Gasteiger partial charge is 0.244 e. The van der Waals surface area contributed by atoms with Crippen molar-refractivity contribution in [1.29, 1.82) is 0 Å². The maximum atomic E-state index is 12.8. The van der Waals surface area contributed by atoms with Gasteiger partial charge in [0.1, 0.15) is 0 Å². The van der Waals surface area contributed by atoms with E-state index in [-0.39, 0.29) is 18.9 Å². The van der Waals surface area contributed by atoms with E-state index in [9.17, 15) is 9.59 Å². The SMILES string of the molecule is CCN(CC(=O)Nc1c(Cl)cccc1Cl)C(=O)Cc1cc(Cl)c2c(c1)OCCCO2. The number of nitrogens with zero attached hydrogens (tertiary/aromatic N) is 1. The zero-order chi connectivity index (χ0) is 21.7. The van der Waals surface area contributed by atoms with Gasteiger partial charge in [-0.2, -0.15) is 0 Å². The summed E-state index contributed by atoms with van der Waals surface area (Å²) in [6, 6.07) is 8.37. The number of hydrogen-bond donors (Lipinski definition) is 1. The summed E-state index contributed by atoms with van der Waals surface area (Å²) in [5.41, 5.74) is 1.01. The van der Waals surface area contributed by atoms with Gasteiger partial charge in [-0.25, -0.2) is 0 Å². The van der Waals surface area contributed by atoms with E-state index >= 15 is 0 Å². The Morgan fingerprint density at radius 3 is 2.47 bits per heavy atom. The predicted octanol–water partition coefficient (Wildman–Crippen LogP) is 4.84. The number of carbonyl (C=O) groups excluding carboxylic acids is 2. The number of nitrogens with one attached hydrogen (secondary N) is 1. The lowest BCUT2D eigenvalue weighted by molar-refractivity contribution is -0.133. The summed E-state index contributed by atoms with van der Waals surface area (Å²) in [6.07, 6.45) is 0.831. The molecule has 0 saturated heterocycles. The maximum Gasteiger partial charge on any atom is 0.244 e. The molecular weight excluding hydrogens is 451 g/mol. The zero-order valence-electron chi connectivity index (χ0n) is 16.3. The van der Waals surface area contributed by atoms with Crippen LogP contribution in [0.15, 0.2) is 30.3 Å². The lowest BCUT2D eigenvalue weighted by Gasteiger charge is -2.21. The van der Waals surface area contributed by atoms with Crippen molar-refractivity contribution in [2.45, 2.75) is 19.8 Å². The minimum absolute atomic E-state index is 0.0737. The number of fused-ring (bicyclic) bond motifs is 1. The molecule has 0 radical (unpaired) electrons. The fraction of sp³-hybridized carbons (Fsp3) is 0.333. The molecule has 3 rings (SSSR count). The number of benzene rings is 2. The fourth-order valence-corrected chi connectivity index (χ4v) is 3.80. The molecule has 0 aliphatic carbocycles. The molecule has 0 spiro atoms. The summed E-state index contributed by atoms with van der Waals surface area (Å²) in [7, 11) is 0. The predicted molar refractivity (Wildman–Crippen MR) is 118 cm³/mol. The van der Waals surface area contributed by atoms with Gasteiger partial charge in [-0.1, -0.05) is 40.9 Å². The molecule has 0 unspecified atom stereocenters. The van der Waals surface area contributed by atoms with E-state index in [1.54, 1.807) is 37.3 Å². The second-order valence-electron chi connectivity index (χ2n) is 6.68. The number of rotatable bonds is 6. The van der Waals surface area contributed by atoms with Crippen molar-refractivity contribution in [1.82, 2.24) is 4.90 Å². The molecule has 0 atom stereocenters. The Kier molecular flexibility index (Phi) is 7.69. The number of para-hydroxylation sites is 1. The van der Waals surface area contributed by atoms with E-state index in [1.165, 1.54) is 4.90 Å². The third kappa shape index (κ3) is 5.50. The van der Waals surface area contributed by atoms with Gasteiger partial charge in [0.15, 0.2) is 11.5 Å². The van der Waals surface area contributed by atoms with Crippen LogP contribution in [0.25, 0.3) is 0 Å². The van der Waals surface area contributed by atoms with Crippen LogP contribution in [-0.4, -0.2) is 43.0 Å². The van der Waals surface area contributed by atoms with Gasteiger partial charge in [-0.05, 0) is 36.8 Å². The van der Waals surface area contributed by atoms with Crippen LogP contribution < -0.4 is 14.8 Å². The first-order valence-corrected chi connectivity index (χ1v) is 10.6. The van der Waals surface area contributed by atoms with Crippen molar-refractivity contribution in [2.75, 3.05) is 31.6 Å². The number of hydrogen-bond acceptors (Lipinski definition) is 4. The molecule has 2 amide bonds. The van der Waals surface area contributed by atoms with Gasteiger partial charge >= 0.3 is 0 Å². The normalized spacial score (nSPS) is 12.8. The highest BCUT2D eigenvalue weighted by molar-refractivity contribution is 6.39. The number of ether oxygens (including phenoxy) is 2. The minimum Gasteiger partial charge on any atom is -0.489 e. The van der Waals surface area contributed by atoms with Crippen molar-refractivity contribution in [3.05, 3.63) is 51.0 Å². The summed E-state index contributed by atoms with van der Waals surface area (Å²) in [6.45, 7) is 3.08. The molecule has 1 N–H and O–H groups in total. The van der Waals surface area contributed by atoms with Crippen molar-refractivity contribution in [2.24, 2.45) is 0 Å². The average Bonchev–Trinajstić information content (AvgIpc) is 2.95. The van der Waals surface area contributed by atoms with Gasteiger partial charge in [0.05, 0.1) is 46.9 Å². The van der Waals surface area contributed by atoms with E-state index < -0.39 is 5.91 Å². The Hall–Kier alpha value is -2.15. The average molecular weight is 472 g/mol. The molecular formula is C21H21Cl3N2O4. The largest absolute Gasteiger partial charge is 0.489 e. The van der Waals surface area contributed by atoms with Crippen LogP contribution in [0, 0.1) is 0 Å². The van der Waals surface area contributed by atoms with Crippen LogP contribution in [0.4, 0.5) is 5.69 Å². The van der Waals surface area contributed by atoms with Gasteiger partial charge in [-0.3, -0.25) is 9.59 Å². The quantitative estimate of drug-likeness (QED) is 0.655. The van der Waals surface area contributed by atoms with Crippen LogP contribution in [0.5, 0.6) is 11.5 Å². The molecule has 0 aromatic heterocycles. The van der Waals surface area contributed by atoms with E-state index in [1.807, 2.05) is 0 Å². The van der Waals surface area contributed by atoms with Gasteiger partial charge in [0.25, 0.3) is 0 Å². The number of likely N-dealkylation sites (N-methyl/N-ethyl adjacent to an activating group) is 1. The van der Waals surface area contributed by atoms with Gasteiger partial charge in [0, 0.05) is 13.0 Å². The van der Waals surface area contributed by atoms with Gasteiger partial charge < -0.3 is 19.7 Å². The molecule has 1 aliphatic rings. The van der Waals surface area contributed by atoms with E-state index in [0.717, 1.165) is 6.42 Å². The molecule has 2 aromatic carbocycles. The van der Waals surface area contributed by atoms with E-state index in [0.29, 0.717) is 57.6 Å². The monoisotopic (exact) mass is 470 g/mol. The first-order chi connectivity index (χ1) is 14.4. The molecule has 1 heterocycles. The lowest BCUT2D eigenvalue weighted by atomic mass is 10.1. The Balaban J connectivity index is 1.67. The number of amides is 2. The Labute approximate surface area is 190 Å². The minimum atomic E-state index is -0.392. The van der Waals surface area contributed by atoms with Crippen molar-refractivity contribution >= 4 is 52.3 Å². The summed E-state index contributed by atoms with van der Waals surface area (Å²) < 4.78 is 11.3. The highest BCUT2D eigenvalue weighted by Gasteiger charge is 2.20. The molecule has 0 fully saturated rings. The second-order valence-corrected chi connectivity index (χ2v) is 7.91. The summed E-state index contributed by atoms with van der Waals surface area (Å²) in [4.78, 5) is 26.7. The number of carbonyl (C=O) groups is 2. The topological polar surface area (TPSA) is 67.9 Å². The number of anilines is 1. The second kappa shape index (κ2) is 10.2. The van der Waals surface area contributed by atoms with Crippen LogP contribution in [0.2, 0.25) is 15.1 Å². The third-order valence-corrected chi connectivity index (χ3v) is 5.42. The summed E-state index contributed by atoms with van der Waals surface area (Å²) in [5, 5.41) is 3.71. The molecule has 30 heavy (non-hydrogen) atoms. The molecule has 160 valence electrons. The summed E-state index contributed by atoms with van der Waals surface area (Å²) in [5.74, 6) is 0.408. The van der Waals surface area contributed by atoms with E-state index in [2.05, 4.69) is 5.32 Å². The summed E-state index contributed by atoms with van der Waals surface area (Å²) >= 11 is 18.5. The Bertz CT molecular complexity index is 932. The molecule has 0 saturated carbocycles. The van der Waals surface area contributed by atoms with Crippen LogP contribution in [0.3, 0.4) is 0 Å². The first kappa shape index (κ1) is 22.5. The van der Waals surface area contributed by atoms with Crippen LogP contribution >= 0.6 is 34.8 Å². The zero-order valence-corrected chi connectivity index (χ0v) is 18.6. The van der Waals surface area contributed by atoms with Crippen molar-refractivity contribution in [3.8, 4) is 11.5 Å². The van der Waals surface area contributed by atoms with Gasteiger partial charge in [0.2, 0.25) is 11.8 Å². The maximum absolute atomic E-state index is 12.8. The molecule has 1 aliphatic heterocycles. The molecule has 6 nitrogen and oxygen atoms in total.